The second-order valence-electron chi connectivity index (χ2n) is 6.51. The zero-order valence-electron chi connectivity index (χ0n) is 14.9. The van der Waals surface area contributed by atoms with E-state index in [1.807, 2.05) is 72.8 Å². The normalized spacial score (nSPS) is 12.7. The van der Waals surface area contributed by atoms with Crippen LogP contribution < -0.4 is 0 Å². The third kappa shape index (κ3) is 3.80. The average Bonchev–Trinajstić information content (AvgIpc) is 3.08. The molecule has 0 aliphatic heterocycles. The summed E-state index contributed by atoms with van der Waals surface area (Å²) in [5.74, 6) is 0.783. The van der Waals surface area contributed by atoms with Crippen molar-refractivity contribution in [2.24, 2.45) is 0 Å². The maximum atomic E-state index is 10.0. The number of hydrogen-bond donors (Lipinski definition) is 2. The Morgan fingerprint density at radius 3 is 2.67 bits per heavy atom. The Morgan fingerprint density at radius 2 is 1.85 bits per heavy atom. The third-order valence-electron chi connectivity index (χ3n) is 4.50. The van der Waals surface area contributed by atoms with Crippen molar-refractivity contribution in [1.82, 2.24) is 9.97 Å². The number of H-pyrrole nitrogens is 1. The number of rotatable bonds is 4. The van der Waals surface area contributed by atoms with Crippen molar-refractivity contribution in [3.63, 3.8) is 0 Å². The first-order chi connectivity index (χ1) is 13.1. The monoisotopic (exact) mass is 374 g/mol. The largest absolute Gasteiger partial charge is 0.389 e. The van der Waals surface area contributed by atoms with Crippen molar-refractivity contribution >= 4 is 34.8 Å². The number of nitrogens with one attached hydrogen (secondary N) is 1. The minimum absolute atomic E-state index is 0.519. The quantitative estimate of drug-likeness (QED) is 0.453. The topological polar surface area (TPSA) is 48.9 Å². The lowest BCUT2D eigenvalue weighted by atomic mass is 9.96. The number of aliphatic hydroxyl groups is 1. The first-order valence-corrected chi connectivity index (χ1v) is 9.19. The highest BCUT2D eigenvalue weighted by atomic mass is 35.5. The van der Waals surface area contributed by atoms with Gasteiger partial charge in [0.15, 0.2) is 0 Å². The molecule has 4 heteroatoms. The summed E-state index contributed by atoms with van der Waals surface area (Å²) >= 11 is 6.03. The molecule has 0 saturated carbocycles. The Morgan fingerprint density at radius 1 is 1.00 bits per heavy atom. The number of aliphatic hydroxyl groups excluding tert-OH is 1. The van der Waals surface area contributed by atoms with Gasteiger partial charge in [0.2, 0.25) is 0 Å². The molecule has 4 aromatic rings. The van der Waals surface area contributed by atoms with Crippen molar-refractivity contribution in [3.05, 3.63) is 88.7 Å². The van der Waals surface area contributed by atoms with E-state index in [9.17, 15) is 5.11 Å². The van der Waals surface area contributed by atoms with Gasteiger partial charge in [0.1, 0.15) is 5.82 Å². The molecular formula is C23H19ClN2O. The number of aromatic nitrogens is 2. The van der Waals surface area contributed by atoms with Gasteiger partial charge in [-0.15, -0.1) is 0 Å². The van der Waals surface area contributed by atoms with Gasteiger partial charge >= 0.3 is 0 Å². The molecule has 1 heterocycles. The Kier molecular flexibility index (Phi) is 4.80. The van der Waals surface area contributed by atoms with Crippen molar-refractivity contribution in [1.29, 1.82) is 0 Å². The fraction of sp³-hybridized carbons (Fsp3) is 0.0870. The average molecular weight is 375 g/mol. The predicted molar refractivity (Wildman–Crippen MR) is 113 cm³/mol. The molecule has 3 nitrogen and oxygen atoms in total. The molecule has 0 fully saturated rings. The zero-order valence-corrected chi connectivity index (χ0v) is 15.6. The minimum Gasteiger partial charge on any atom is -0.389 e. The Balaban J connectivity index is 1.68. The van der Waals surface area contributed by atoms with Gasteiger partial charge in [0, 0.05) is 5.02 Å². The summed E-state index contributed by atoms with van der Waals surface area (Å²) in [6, 6.07) is 21.7. The fourth-order valence-electron chi connectivity index (χ4n) is 3.19. The molecular weight excluding hydrogens is 356 g/mol. The highest BCUT2D eigenvalue weighted by Crippen LogP contribution is 2.30. The third-order valence-corrected chi connectivity index (χ3v) is 4.74. The number of fused-ring (bicyclic) bond motifs is 1. The maximum Gasteiger partial charge on any atom is 0.131 e. The second-order valence-corrected chi connectivity index (χ2v) is 6.94. The number of hydrogen-bond acceptors (Lipinski definition) is 2. The first-order valence-electron chi connectivity index (χ1n) is 8.81. The number of nitrogens with zero attached hydrogens (tertiary/aromatic N) is 1. The lowest BCUT2D eigenvalue weighted by molar-refractivity contribution is 0.200. The molecule has 27 heavy (non-hydrogen) atoms. The van der Waals surface area contributed by atoms with E-state index in [2.05, 4.69) is 16.0 Å². The van der Waals surface area contributed by atoms with E-state index < -0.39 is 6.10 Å². The van der Waals surface area contributed by atoms with Gasteiger partial charge in [-0.1, -0.05) is 60.1 Å². The number of imidazole rings is 1. The van der Waals surface area contributed by atoms with E-state index in [1.165, 1.54) is 0 Å². The van der Waals surface area contributed by atoms with Crippen LogP contribution in [-0.2, 0) is 0 Å². The summed E-state index contributed by atoms with van der Waals surface area (Å²) in [4.78, 5) is 7.96. The summed E-state index contributed by atoms with van der Waals surface area (Å²) in [7, 11) is 0. The molecule has 2 N–H and O–H groups in total. The Bertz CT molecular complexity index is 1130. The number of aromatic amines is 1. The van der Waals surface area contributed by atoms with E-state index in [4.69, 9.17) is 11.6 Å². The molecule has 0 radical (unpaired) electrons. The van der Waals surface area contributed by atoms with Gasteiger partial charge in [-0.05, 0) is 59.5 Å². The van der Waals surface area contributed by atoms with E-state index in [0.717, 1.165) is 39.1 Å². The van der Waals surface area contributed by atoms with Crippen molar-refractivity contribution in [3.8, 4) is 11.1 Å². The van der Waals surface area contributed by atoms with Crippen molar-refractivity contribution < 1.29 is 5.11 Å². The molecule has 0 aliphatic rings. The minimum atomic E-state index is -0.519. The molecule has 0 aliphatic carbocycles. The molecule has 3 aromatic carbocycles. The summed E-state index contributed by atoms with van der Waals surface area (Å²) in [6.45, 7) is 1.78. The first kappa shape index (κ1) is 17.5. The predicted octanol–water partition coefficient (Wildman–Crippen LogP) is 6.11. The summed E-state index contributed by atoms with van der Waals surface area (Å²) in [6.07, 6.45) is 3.40. The molecule has 1 aromatic heterocycles. The van der Waals surface area contributed by atoms with E-state index in [-0.39, 0.29) is 0 Å². The standard InChI is InChI=1S/C23H19ClN2O/c1-15(27)19-7-2-3-8-20(19)17-10-11-21-22(14-17)26-23(25-21)12-9-16-5-4-6-18(24)13-16/h2-15,27H,1H3,(H,25,26)/b12-9+. The molecule has 0 saturated heterocycles. The van der Waals surface area contributed by atoms with Crippen LogP contribution in [0.2, 0.25) is 5.02 Å². The van der Waals surface area contributed by atoms with Gasteiger partial charge in [0.25, 0.3) is 0 Å². The molecule has 1 atom stereocenters. The van der Waals surface area contributed by atoms with Gasteiger partial charge in [-0.2, -0.15) is 0 Å². The zero-order chi connectivity index (χ0) is 18.8. The maximum absolute atomic E-state index is 10.0. The molecule has 1 unspecified atom stereocenters. The fourth-order valence-corrected chi connectivity index (χ4v) is 3.38. The van der Waals surface area contributed by atoms with Gasteiger partial charge in [0.05, 0.1) is 17.1 Å². The van der Waals surface area contributed by atoms with E-state index in [1.54, 1.807) is 6.92 Å². The van der Waals surface area contributed by atoms with Crippen molar-refractivity contribution in [2.45, 2.75) is 13.0 Å². The van der Waals surface area contributed by atoms with Crippen LogP contribution in [0.3, 0.4) is 0 Å². The summed E-state index contributed by atoms with van der Waals surface area (Å²) in [5, 5.41) is 10.8. The summed E-state index contributed by atoms with van der Waals surface area (Å²) < 4.78 is 0. The molecule has 134 valence electrons. The molecule has 4 rings (SSSR count). The Labute approximate surface area is 163 Å². The van der Waals surface area contributed by atoms with Crippen LogP contribution in [0, 0.1) is 0 Å². The summed E-state index contributed by atoms with van der Waals surface area (Å²) in [5.41, 5.74) is 5.87. The van der Waals surface area contributed by atoms with Crippen LogP contribution in [0.25, 0.3) is 34.3 Å². The van der Waals surface area contributed by atoms with Gasteiger partial charge in [-0.25, -0.2) is 4.98 Å². The highest BCUT2D eigenvalue weighted by molar-refractivity contribution is 6.30. The Hall–Kier alpha value is -2.88. The number of halogens is 1. The SMILES string of the molecule is CC(O)c1ccccc1-c1ccc2nc(/C=C/c3cccc(Cl)c3)[nH]c2c1. The van der Waals surface area contributed by atoms with Crippen LogP contribution in [0.4, 0.5) is 0 Å². The number of benzene rings is 3. The smallest absolute Gasteiger partial charge is 0.131 e. The second kappa shape index (κ2) is 7.39. The van der Waals surface area contributed by atoms with Crippen LogP contribution in [-0.4, -0.2) is 15.1 Å². The van der Waals surface area contributed by atoms with Crippen LogP contribution in [0.15, 0.2) is 66.7 Å². The van der Waals surface area contributed by atoms with Gasteiger partial charge in [-0.3, -0.25) is 0 Å². The lowest BCUT2D eigenvalue weighted by Gasteiger charge is -2.11. The van der Waals surface area contributed by atoms with E-state index >= 15 is 0 Å². The lowest BCUT2D eigenvalue weighted by Crippen LogP contribution is -1.94. The molecule has 0 amide bonds. The van der Waals surface area contributed by atoms with Crippen LogP contribution in [0.5, 0.6) is 0 Å². The molecule has 0 bridgehead atoms. The molecule has 0 spiro atoms. The van der Waals surface area contributed by atoms with Crippen molar-refractivity contribution in [2.75, 3.05) is 0 Å². The highest BCUT2D eigenvalue weighted by Gasteiger charge is 2.10. The van der Waals surface area contributed by atoms with Crippen LogP contribution >= 0.6 is 11.6 Å². The van der Waals surface area contributed by atoms with Gasteiger partial charge < -0.3 is 10.1 Å². The van der Waals surface area contributed by atoms with E-state index in [0.29, 0.717) is 5.02 Å². The van der Waals surface area contributed by atoms with Crippen LogP contribution in [0.1, 0.15) is 30.0 Å².